The van der Waals surface area contributed by atoms with Gasteiger partial charge < -0.3 is 10.4 Å². The number of carbonyl (C=O) groups excluding carboxylic acids is 1. The van der Waals surface area contributed by atoms with E-state index in [0.717, 1.165) is 18.8 Å². The summed E-state index contributed by atoms with van der Waals surface area (Å²) in [5, 5.41) is 13.2. The van der Waals surface area contributed by atoms with Crippen molar-refractivity contribution >= 4 is 17.5 Å². The summed E-state index contributed by atoms with van der Waals surface area (Å²) in [5.41, 5.74) is 0.258. The van der Waals surface area contributed by atoms with Gasteiger partial charge in [0.25, 0.3) is 5.91 Å². The lowest BCUT2D eigenvalue weighted by molar-refractivity contribution is 0.0918. The summed E-state index contributed by atoms with van der Waals surface area (Å²) in [4.78, 5) is 12.2. The van der Waals surface area contributed by atoms with Crippen molar-refractivity contribution in [3.63, 3.8) is 0 Å². The van der Waals surface area contributed by atoms with E-state index in [9.17, 15) is 9.90 Å². The Bertz CT molecular complexity index is 468. The zero-order valence-electron chi connectivity index (χ0n) is 11.9. The zero-order chi connectivity index (χ0) is 14.5. The van der Waals surface area contributed by atoms with Gasteiger partial charge in [-0.05, 0) is 49.8 Å². The lowest BCUT2D eigenvalue weighted by atomic mass is 9.83. The van der Waals surface area contributed by atoms with E-state index in [-0.39, 0.29) is 23.3 Å². The molecule has 0 bridgehead atoms. The number of aromatic hydroxyl groups is 1. The molecule has 1 aliphatic carbocycles. The van der Waals surface area contributed by atoms with Crippen molar-refractivity contribution < 1.29 is 9.90 Å². The van der Waals surface area contributed by atoms with E-state index in [4.69, 9.17) is 11.6 Å². The Labute approximate surface area is 125 Å². The Morgan fingerprint density at radius 2 is 2.05 bits per heavy atom. The number of halogens is 1. The number of hydrogen-bond acceptors (Lipinski definition) is 2. The average molecular weight is 296 g/mol. The smallest absolute Gasteiger partial charge is 0.255 e. The van der Waals surface area contributed by atoms with Crippen LogP contribution >= 0.6 is 11.6 Å². The molecule has 0 radical (unpaired) electrons. The first-order chi connectivity index (χ1) is 9.60. The largest absolute Gasteiger partial charge is 0.507 e. The van der Waals surface area contributed by atoms with Gasteiger partial charge in [0.05, 0.1) is 5.56 Å². The van der Waals surface area contributed by atoms with Crippen LogP contribution in [0.2, 0.25) is 5.02 Å². The highest BCUT2D eigenvalue weighted by Gasteiger charge is 2.23. The van der Waals surface area contributed by atoms with Crippen molar-refractivity contribution in [3.05, 3.63) is 28.8 Å². The molecule has 0 unspecified atom stereocenters. The van der Waals surface area contributed by atoms with E-state index in [0.29, 0.717) is 5.02 Å². The third kappa shape index (κ3) is 3.89. The lowest BCUT2D eigenvalue weighted by Gasteiger charge is -2.29. The summed E-state index contributed by atoms with van der Waals surface area (Å²) < 4.78 is 0. The normalized spacial score (nSPS) is 22.5. The quantitative estimate of drug-likeness (QED) is 0.877. The molecule has 1 amide bonds. The molecule has 3 nitrogen and oxygen atoms in total. The maximum absolute atomic E-state index is 12.2. The highest BCUT2D eigenvalue weighted by Crippen LogP contribution is 2.28. The molecule has 2 rings (SSSR count). The van der Waals surface area contributed by atoms with Gasteiger partial charge in [-0.3, -0.25) is 4.79 Å². The minimum Gasteiger partial charge on any atom is -0.507 e. The SMILES string of the molecule is CCCC1CCC(NC(=O)c2cc(Cl)ccc2O)CC1. The summed E-state index contributed by atoms with van der Waals surface area (Å²) >= 11 is 5.87. The van der Waals surface area contributed by atoms with E-state index in [1.54, 1.807) is 6.07 Å². The van der Waals surface area contributed by atoms with Gasteiger partial charge in [-0.15, -0.1) is 0 Å². The van der Waals surface area contributed by atoms with Crippen LogP contribution in [0, 0.1) is 5.92 Å². The molecule has 20 heavy (non-hydrogen) atoms. The second kappa shape index (κ2) is 6.98. The van der Waals surface area contributed by atoms with Gasteiger partial charge in [-0.1, -0.05) is 31.4 Å². The highest BCUT2D eigenvalue weighted by molar-refractivity contribution is 6.31. The van der Waals surface area contributed by atoms with E-state index >= 15 is 0 Å². The van der Waals surface area contributed by atoms with Crippen LogP contribution in [-0.2, 0) is 0 Å². The molecule has 0 spiro atoms. The van der Waals surface area contributed by atoms with Crippen LogP contribution in [0.15, 0.2) is 18.2 Å². The fourth-order valence-electron chi connectivity index (χ4n) is 2.96. The number of rotatable bonds is 4. The molecule has 2 N–H and O–H groups in total. The minimum atomic E-state index is -0.232. The third-order valence-electron chi connectivity index (χ3n) is 4.08. The van der Waals surface area contributed by atoms with E-state index in [1.165, 1.54) is 37.8 Å². The molecule has 110 valence electrons. The predicted octanol–water partition coefficient (Wildman–Crippen LogP) is 4.13. The van der Waals surface area contributed by atoms with Crippen LogP contribution in [0.3, 0.4) is 0 Å². The average Bonchev–Trinajstić information content (AvgIpc) is 2.44. The van der Waals surface area contributed by atoms with E-state index < -0.39 is 0 Å². The van der Waals surface area contributed by atoms with Crippen LogP contribution in [0.25, 0.3) is 0 Å². The van der Waals surface area contributed by atoms with Crippen molar-refractivity contribution in [2.75, 3.05) is 0 Å². The molecule has 0 saturated heterocycles. The van der Waals surface area contributed by atoms with Crippen LogP contribution in [0.4, 0.5) is 0 Å². The van der Waals surface area contributed by atoms with Crippen LogP contribution in [0.5, 0.6) is 5.75 Å². The molecule has 0 aliphatic heterocycles. The maximum atomic E-state index is 12.2. The first-order valence-electron chi connectivity index (χ1n) is 7.39. The summed E-state index contributed by atoms with van der Waals surface area (Å²) in [6.45, 7) is 2.22. The topological polar surface area (TPSA) is 49.3 Å². The second-order valence-electron chi connectivity index (χ2n) is 5.64. The number of carbonyl (C=O) groups is 1. The number of hydrogen-bond donors (Lipinski definition) is 2. The maximum Gasteiger partial charge on any atom is 0.255 e. The van der Waals surface area contributed by atoms with Crippen molar-refractivity contribution in [2.45, 2.75) is 51.5 Å². The van der Waals surface area contributed by atoms with Gasteiger partial charge in [-0.2, -0.15) is 0 Å². The van der Waals surface area contributed by atoms with Gasteiger partial charge in [0, 0.05) is 11.1 Å². The standard InChI is InChI=1S/C16H22ClNO2/c1-2-3-11-4-7-13(8-5-11)18-16(20)14-10-12(17)6-9-15(14)19/h6,9-11,13,19H,2-5,7-8H2,1H3,(H,18,20). The first-order valence-corrected chi connectivity index (χ1v) is 7.77. The molecule has 1 aliphatic rings. The Morgan fingerprint density at radius 1 is 1.35 bits per heavy atom. The van der Waals surface area contributed by atoms with E-state index in [1.807, 2.05) is 0 Å². The Hall–Kier alpha value is -1.22. The zero-order valence-corrected chi connectivity index (χ0v) is 12.6. The van der Waals surface area contributed by atoms with Gasteiger partial charge in [-0.25, -0.2) is 0 Å². The number of amides is 1. The highest BCUT2D eigenvalue weighted by atomic mass is 35.5. The van der Waals surface area contributed by atoms with Gasteiger partial charge in [0.15, 0.2) is 0 Å². The molecule has 1 fully saturated rings. The molecule has 0 aromatic heterocycles. The predicted molar refractivity (Wildman–Crippen MR) is 81.2 cm³/mol. The van der Waals surface area contributed by atoms with E-state index in [2.05, 4.69) is 12.2 Å². The molecule has 0 heterocycles. The van der Waals surface area contributed by atoms with Crippen LogP contribution in [0.1, 0.15) is 55.8 Å². The molecule has 1 aromatic rings. The summed E-state index contributed by atoms with van der Waals surface area (Å²) in [6, 6.07) is 4.75. The first kappa shape index (κ1) is 15.2. The third-order valence-corrected chi connectivity index (χ3v) is 4.32. The van der Waals surface area contributed by atoms with Gasteiger partial charge in [0.2, 0.25) is 0 Å². The van der Waals surface area contributed by atoms with Crippen molar-refractivity contribution in [2.24, 2.45) is 5.92 Å². The number of phenols is 1. The molecule has 0 atom stereocenters. The second-order valence-corrected chi connectivity index (χ2v) is 6.08. The summed E-state index contributed by atoms with van der Waals surface area (Å²) in [5.74, 6) is 0.559. The monoisotopic (exact) mass is 295 g/mol. The van der Waals surface area contributed by atoms with Crippen LogP contribution < -0.4 is 5.32 Å². The van der Waals surface area contributed by atoms with Gasteiger partial charge in [0.1, 0.15) is 5.75 Å². The summed E-state index contributed by atoms with van der Waals surface area (Å²) in [7, 11) is 0. The van der Waals surface area contributed by atoms with Crippen molar-refractivity contribution in [1.29, 1.82) is 0 Å². The Kier molecular flexibility index (Phi) is 5.30. The fourth-order valence-corrected chi connectivity index (χ4v) is 3.13. The lowest BCUT2D eigenvalue weighted by Crippen LogP contribution is -2.37. The fraction of sp³-hybridized carbons (Fsp3) is 0.562. The summed E-state index contributed by atoms with van der Waals surface area (Å²) in [6.07, 6.45) is 6.93. The minimum absolute atomic E-state index is 0.0217. The molecule has 1 aromatic carbocycles. The van der Waals surface area contributed by atoms with Gasteiger partial charge >= 0.3 is 0 Å². The molecular weight excluding hydrogens is 274 g/mol. The number of phenolic OH excluding ortho intramolecular Hbond substituents is 1. The number of nitrogens with one attached hydrogen (secondary N) is 1. The number of benzene rings is 1. The molecular formula is C16H22ClNO2. The Morgan fingerprint density at radius 3 is 2.70 bits per heavy atom. The molecule has 1 saturated carbocycles. The molecule has 4 heteroatoms. The van der Waals surface area contributed by atoms with Crippen molar-refractivity contribution in [3.8, 4) is 5.75 Å². The van der Waals surface area contributed by atoms with Crippen LogP contribution in [-0.4, -0.2) is 17.1 Å². The Balaban J connectivity index is 1.91. The van der Waals surface area contributed by atoms with Crippen molar-refractivity contribution in [1.82, 2.24) is 5.32 Å².